The van der Waals surface area contributed by atoms with Crippen LogP contribution in [-0.2, 0) is 11.2 Å². The number of nitrogens with one attached hydrogen (secondary N) is 2. The van der Waals surface area contributed by atoms with Crippen LogP contribution in [0.5, 0.6) is 0 Å². The zero-order chi connectivity index (χ0) is 13.9. The van der Waals surface area contributed by atoms with E-state index in [1.165, 1.54) is 0 Å². The molecule has 1 aliphatic rings. The summed E-state index contributed by atoms with van der Waals surface area (Å²) in [5.74, 6) is 2.61. The average Bonchev–Trinajstić information content (AvgIpc) is 2.90. The molecule has 1 unspecified atom stereocenters. The van der Waals surface area contributed by atoms with Gasteiger partial charge in [0.2, 0.25) is 5.91 Å². The molecule has 2 heterocycles. The number of hydrogen-bond acceptors (Lipinski definition) is 5. The van der Waals surface area contributed by atoms with Crippen LogP contribution < -0.4 is 10.6 Å². The number of aryl methyl sites for hydroxylation is 1. The van der Waals surface area contributed by atoms with E-state index in [1.54, 1.807) is 11.8 Å². The minimum Gasteiger partial charge on any atom is -0.441 e. The molecule has 1 saturated heterocycles. The maximum atomic E-state index is 12.1. The number of hydrogen-bond donors (Lipinski definition) is 2. The van der Waals surface area contributed by atoms with Gasteiger partial charge in [0.15, 0.2) is 11.5 Å². The summed E-state index contributed by atoms with van der Waals surface area (Å²) in [6, 6.07) is 5.43. The highest BCUT2D eigenvalue weighted by molar-refractivity contribution is 7.99. The molecule has 0 bridgehead atoms. The molecule has 1 amide bonds. The second-order valence-electron chi connectivity index (χ2n) is 4.71. The number of nitrogens with zero attached hydrogens (tertiary/aromatic N) is 1. The molecule has 1 aliphatic heterocycles. The third kappa shape index (κ3) is 2.81. The summed E-state index contributed by atoms with van der Waals surface area (Å²) < 4.78 is 5.55. The van der Waals surface area contributed by atoms with Crippen LogP contribution in [0.15, 0.2) is 22.6 Å². The fourth-order valence-electron chi connectivity index (χ4n) is 2.17. The molecule has 20 heavy (non-hydrogen) atoms. The van der Waals surface area contributed by atoms with Crippen molar-refractivity contribution in [3.05, 3.63) is 24.1 Å². The zero-order valence-electron chi connectivity index (χ0n) is 11.3. The monoisotopic (exact) mass is 291 g/mol. The molecule has 1 aromatic carbocycles. The zero-order valence-corrected chi connectivity index (χ0v) is 12.1. The summed E-state index contributed by atoms with van der Waals surface area (Å²) in [6.07, 6.45) is 0.763. The Labute approximate surface area is 121 Å². The number of rotatable bonds is 3. The average molecular weight is 291 g/mol. The van der Waals surface area contributed by atoms with Crippen molar-refractivity contribution in [2.24, 2.45) is 0 Å². The number of carbonyl (C=O) groups is 1. The Bertz CT molecular complexity index is 620. The highest BCUT2D eigenvalue weighted by atomic mass is 32.2. The topological polar surface area (TPSA) is 67.2 Å². The van der Waals surface area contributed by atoms with E-state index in [2.05, 4.69) is 15.6 Å². The van der Waals surface area contributed by atoms with E-state index >= 15 is 0 Å². The predicted octanol–water partition coefficient (Wildman–Crippen LogP) is 2.03. The smallest absolute Gasteiger partial charge is 0.242 e. The molecule has 0 saturated carbocycles. The Morgan fingerprint density at radius 1 is 1.60 bits per heavy atom. The minimum absolute atomic E-state index is 0.00996. The van der Waals surface area contributed by atoms with Crippen molar-refractivity contribution in [3.8, 4) is 0 Å². The summed E-state index contributed by atoms with van der Waals surface area (Å²) in [5.41, 5.74) is 2.30. The number of thioether (sulfide) groups is 1. The number of benzene rings is 1. The van der Waals surface area contributed by atoms with Crippen molar-refractivity contribution in [2.75, 3.05) is 23.4 Å². The number of amides is 1. The quantitative estimate of drug-likeness (QED) is 0.906. The van der Waals surface area contributed by atoms with Crippen molar-refractivity contribution in [1.29, 1.82) is 0 Å². The molecule has 6 heteroatoms. The third-order valence-electron chi connectivity index (χ3n) is 3.24. The molecular weight excluding hydrogens is 274 g/mol. The van der Waals surface area contributed by atoms with E-state index in [9.17, 15) is 4.79 Å². The molecular formula is C14H17N3O2S. The highest BCUT2D eigenvalue weighted by Gasteiger charge is 2.21. The van der Waals surface area contributed by atoms with Crippen LogP contribution in [0.4, 0.5) is 5.69 Å². The molecule has 1 aromatic heterocycles. The van der Waals surface area contributed by atoms with Gasteiger partial charge in [-0.25, -0.2) is 4.98 Å². The summed E-state index contributed by atoms with van der Waals surface area (Å²) in [7, 11) is 0. The Balaban J connectivity index is 1.74. The molecule has 5 nitrogen and oxygen atoms in total. The van der Waals surface area contributed by atoms with E-state index in [0.717, 1.165) is 41.3 Å². The van der Waals surface area contributed by atoms with Crippen molar-refractivity contribution >= 4 is 34.5 Å². The van der Waals surface area contributed by atoms with Gasteiger partial charge < -0.3 is 15.1 Å². The fourth-order valence-corrected chi connectivity index (χ4v) is 3.10. The van der Waals surface area contributed by atoms with Gasteiger partial charge in [-0.3, -0.25) is 4.79 Å². The second-order valence-corrected chi connectivity index (χ2v) is 5.86. The van der Waals surface area contributed by atoms with Crippen LogP contribution in [0.3, 0.4) is 0 Å². The number of carbonyl (C=O) groups excluding carboxylic acids is 1. The first-order chi connectivity index (χ1) is 9.76. The number of oxazole rings is 1. The molecule has 0 radical (unpaired) electrons. The molecule has 106 valence electrons. The summed E-state index contributed by atoms with van der Waals surface area (Å²) in [6.45, 7) is 2.88. The Kier molecular flexibility index (Phi) is 3.93. The third-order valence-corrected chi connectivity index (χ3v) is 4.30. The number of anilines is 1. The van der Waals surface area contributed by atoms with Crippen molar-refractivity contribution < 1.29 is 9.21 Å². The van der Waals surface area contributed by atoms with E-state index in [-0.39, 0.29) is 11.9 Å². The fraction of sp³-hybridized carbons (Fsp3) is 0.429. The van der Waals surface area contributed by atoms with Crippen LogP contribution >= 0.6 is 11.8 Å². The molecule has 3 rings (SSSR count). The lowest BCUT2D eigenvalue weighted by atomic mass is 10.2. The first-order valence-electron chi connectivity index (χ1n) is 6.77. The molecule has 0 aliphatic carbocycles. The van der Waals surface area contributed by atoms with Crippen LogP contribution in [0.1, 0.15) is 12.8 Å². The lowest BCUT2D eigenvalue weighted by Crippen LogP contribution is -2.46. The largest absolute Gasteiger partial charge is 0.441 e. The molecule has 2 N–H and O–H groups in total. The summed E-state index contributed by atoms with van der Waals surface area (Å²) in [4.78, 5) is 16.5. The predicted molar refractivity (Wildman–Crippen MR) is 81.1 cm³/mol. The van der Waals surface area contributed by atoms with E-state index in [1.807, 2.05) is 25.1 Å². The van der Waals surface area contributed by atoms with Crippen molar-refractivity contribution in [2.45, 2.75) is 19.4 Å². The van der Waals surface area contributed by atoms with Gasteiger partial charge in [-0.1, -0.05) is 6.92 Å². The van der Waals surface area contributed by atoms with Crippen LogP contribution in [0.25, 0.3) is 11.1 Å². The van der Waals surface area contributed by atoms with Gasteiger partial charge in [-0.15, -0.1) is 0 Å². The van der Waals surface area contributed by atoms with Crippen LogP contribution in [-0.4, -0.2) is 35.0 Å². The van der Waals surface area contributed by atoms with Gasteiger partial charge in [0, 0.05) is 30.2 Å². The minimum atomic E-state index is -0.118. The van der Waals surface area contributed by atoms with Crippen molar-refractivity contribution in [1.82, 2.24) is 10.3 Å². The van der Waals surface area contributed by atoms with Gasteiger partial charge in [0.05, 0.1) is 6.04 Å². The molecule has 1 atom stereocenters. The summed E-state index contributed by atoms with van der Waals surface area (Å²) >= 11 is 1.80. The van der Waals surface area contributed by atoms with Gasteiger partial charge in [-0.2, -0.15) is 11.8 Å². The van der Waals surface area contributed by atoms with Gasteiger partial charge in [0.1, 0.15) is 5.52 Å². The maximum absolute atomic E-state index is 12.1. The van der Waals surface area contributed by atoms with E-state index in [4.69, 9.17) is 4.42 Å². The standard InChI is InChI=1S/C14H17N3O2S/c1-2-13-17-10-7-9(3-4-12(10)19-13)16-14(18)11-8-20-6-5-15-11/h3-4,7,11,15H,2,5-6,8H2,1H3,(H,16,18). The molecule has 1 fully saturated rings. The lowest BCUT2D eigenvalue weighted by molar-refractivity contribution is -0.117. The SMILES string of the molecule is CCc1nc2cc(NC(=O)C3CSCCN3)ccc2o1. The first-order valence-corrected chi connectivity index (χ1v) is 7.93. The van der Waals surface area contributed by atoms with Gasteiger partial charge in [0.25, 0.3) is 0 Å². The Hall–Kier alpha value is -1.53. The Morgan fingerprint density at radius 3 is 3.25 bits per heavy atom. The summed E-state index contributed by atoms with van der Waals surface area (Å²) in [5, 5.41) is 6.16. The normalized spacial score (nSPS) is 19.1. The van der Waals surface area contributed by atoms with Gasteiger partial charge >= 0.3 is 0 Å². The number of aromatic nitrogens is 1. The number of fused-ring (bicyclic) bond motifs is 1. The highest BCUT2D eigenvalue weighted by Crippen LogP contribution is 2.20. The Morgan fingerprint density at radius 2 is 2.50 bits per heavy atom. The van der Waals surface area contributed by atoms with E-state index < -0.39 is 0 Å². The first kappa shape index (κ1) is 13.5. The maximum Gasteiger partial charge on any atom is 0.242 e. The van der Waals surface area contributed by atoms with E-state index in [0.29, 0.717) is 5.89 Å². The molecule has 0 spiro atoms. The van der Waals surface area contributed by atoms with Crippen LogP contribution in [0, 0.1) is 0 Å². The lowest BCUT2D eigenvalue weighted by Gasteiger charge is -2.22. The van der Waals surface area contributed by atoms with Gasteiger partial charge in [-0.05, 0) is 18.2 Å². The van der Waals surface area contributed by atoms with Crippen LogP contribution in [0.2, 0.25) is 0 Å². The second kappa shape index (κ2) is 5.85. The van der Waals surface area contributed by atoms with Crippen molar-refractivity contribution in [3.63, 3.8) is 0 Å². The molecule has 2 aromatic rings.